The normalized spacial score (nSPS) is 10.4. The fourth-order valence-electron chi connectivity index (χ4n) is 1.57. The molecule has 0 atom stereocenters. The van der Waals surface area contributed by atoms with Crippen LogP contribution in [0.3, 0.4) is 0 Å². The first kappa shape index (κ1) is 12.8. The van der Waals surface area contributed by atoms with Crippen molar-refractivity contribution in [3.63, 3.8) is 0 Å². The van der Waals surface area contributed by atoms with Gasteiger partial charge < -0.3 is 15.6 Å². The Labute approximate surface area is 108 Å². The first-order valence-electron chi connectivity index (χ1n) is 5.63. The third-order valence-electron chi connectivity index (χ3n) is 2.47. The highest BCUT2D eigenvalue weighted by molar-refractivity contribution is 5.69. The average molecular weight is 263 g/mol. The van der Waals surface area contributed by atoms with E-state index in [4.69, 9.17) is 10.3 Å². The summed E-state index contributed by atoms with van der Waals surface area (Å²) in [7, 11) is 0. The van der Waals surface area contributed by atoms with Crippen LogP contribution < -0.4 is 11.1 Å². The maximum Gasteiger partial charge on any atom is 0.271 e. The third kappa shape index (κ3) is 3.18. The molecular formula is C11H13N5O3. The van der Waals surface area contributed by atoms with Crippen LogP contribution in [-0.2, 0) is 6.42 Å². The van der Waals surface area contributed by atoms with Crippen molar-refractivity contribution in [2.24, 2.45) is 0 Å². The number of nitro groups is 1. The fourth-order valence-corrected chi connectivity index (χ4v) is 1.57. The molecular weight excluding hydrogens is 250 g/mol. The maximum atomic E-state index is 10.6. The summed E-state index contributed by atoms with van der Waals surface area (Å²) >= 11 is 0. The SMILES string of the molecule is Cc1noc(CCNc2ccc([N+](=O)[O-])cc2N)n1. The summed E-state index contributed by atoms with van der Waals surface area (Å²) in [6.07, 6.45) is 0.553. The van der Waals surface area contributed by atoms with Crippen molar-refractivity contribution in [2.45, 2.75) is 13.3 Å². The standard InChI is InChI=1S/C11H13N5O3/c1-7-14-11(19-15-7)4-5-13-10-3-2-8(16(17)18)6-9(10)12/h2-3,6,13H,4-5,12H2,1H3. The predicted octanol–water partition coefficient (Wildman–Crippen LogP) is 1.52. The molecule has 0 aliphatic rings. The van der Waals surface area contributed by atoms with E-state index in [1.807, 2.05) is 0 Å². The van der Waals surface area contributed by atoms with Crippen molar-refractivity contribution in [2.75, 3.05) is 17.6 Å². The fraction of sp³-hybridized carbons (Fsp3) is 0.273. The first-order valence-corrected chi connectivity index (χ1v) is 5.63. The molecule has 0 spiro atoms. The minimum Gasteiger partial charge on any atom is -0.397 e. The Hall–Kier alpha value is -2.64. The number of nitrogen functional groups attached to an aromatic ring is 1. The van der Waals surface area contributed by atoms with Crippen LogP contribution in [-0.4, -0.2) is 21.6 Å². The Morgan fingerprint density at radius 2 is 2.32 bits per heavy atom. The van der Waals surface area contributed by atoms with Gasteiger partial charge in [-0.3, -0.25) is 10.1 Å². The highest BCUT2D eigenvalue weighted by atomic mass is 16.6. The topological polar surface area (TPSA) is 120 Å². The van der Waals surface area contributed by atoms with Crippen LogP contribution in [0.4, 0.5) is 17.1 Å². The number of aromatic nitrogens is 2. The van der Waals surface area contributed by atoms with Gasteiger partial charge in [0.25, 0.3) is 5.69 Å². The molecule has 8 heteroatoms. The number of hydrogen-bond donors (Lipinski definition) is 2. The van der Waals surface area contributed by atoms with Crippen LogP contribution >= 0.6 is 0 Å². The van der Waals surface area contributed by atoms with Crippen molar-refractivity contribution >= 4 is 17.1 Å². The Morgan fingerprint density at radius 3 is 2.89 bits per heavy atom. The van der Waals surface area contributed by atoms with E-state index in [2.05, 4.69) is 15.5 Å². The van der Waals surface area contributed by atoms with E-state index in [9.17, 15) is 10.1 Å². The molecule has 0 fully saturated rings. The zero-order valence-corrected chi connectivity index (χ0v) is 10.3. The van der Waals surface area contributed by atoms with E-state index in [1.54, 1.807) is 13.0 Å². The molecule has 19 heavy (non-hydrogen) atoms. The van der Waals surface area contributed by atoms with Crippen molar-refractivity contribution < 1.29 is 9.45 Å². The summed E-state index contributed by atoms with van der Waals surface area (Å²) in [4.78, 5) is 14.1. The van der Waals surface area contributed by atoms with Gasteiger partial charge in [0, 0.05) is 25.1 Å². The zero-order valence-electron chi connectivity index (χ0n) is 10.3. The molecule has 0 unspecified atom stereocenters. The van der Waals surface area contributed by atoms with E-state index in [1.165, 1.54) is 12.1 Å². The number of benzene rings is 1. The van der Waals surface area contributed by atoms with Crippen molar-refractivity contribution in [1.82, 2.24) is 10.1 Å². The predicted molar refractivity (Wildman–Crippen MR) is 68.7 cm³/mol. The molecule has 1 aromatic heterocycles. The number of nitrogens with zero attached hydrogens (tertiary/aromatic N) is 3. The lowest BCUT2D eigenvalue weighted by Crippen LogP contribution is -2.07. The second kappa shape index (κ2) is 5.34. The smallest absolute Gasteiger partial charge is 0.271 e. The average Bonchev–Trinajstić information content (AvgIpc) is 2.77. The van der Waals surface area contributed by atoms with Gasteiger partial charge >= 0.3 is 0 Å². The monoisotopic (exact) mass is 263 g/mol. The Morgan fingerprint density at radius 1 is 1.53 bits per heavy atom. The second-order valence-electron chi connectivity index (χ2n) is 3.94. The lowest BCUT2D eigenvalue weighted by atomic mass is 10.2. The molecule has 8 nitrogen and oxygen atoms in total. The Balaban J connectivity index is 1.94. The molecule has 2 aromatic rings. The van der Waals surface area contributed by atoms with E-state index < -0.39 is 4.92 Å². The summed E-state index contributed by atoms with van der Waals surface area (Å²) < 4.78 is 4.96. The number of aryl methyl sites for hydroxylation is 1. The molecule has 0 aliphatic carbocycles. The molecule has 1 heterocycles. The summed E-state index contributed by atoms with van der Waals surface area (Å²) in [6.45, 7) is 2.29. The van der Waals surface area contributed by atoms with Crippen molar-refractivity contribution in [3.8, 4) is 0 Å². The van der Waals surface area contributed by atoms with E-state index in [0.717, 1.165) is 0 Å². The molecule has 100 valence electrons. The first-order chi connectivity index (χ1) is 9.06. The lowest BCUT2D eigenvalue weighted by molar-refractivity contribution is -0.384. The maximum absolute atomic E-state index is 10.6. The van der Waals surface area contributed by atoms with Gasteiger partial charge in [-0.1, -0.05) is 5.16 Å². The lowest BCUT2D eigenvalue weighted by Gasteiger charge is -2.07. The van der Waals surface area contributed by atoms with Gasteiger partial charge in [0.05, 0.1) is 16.3 Å². The molecule has 1 aromatic carbocycles. The molecule has 0 radical (unpaired) electrons. The number of hydrogen-bond acceptors (Lipinski definition) is 7. The van der Waals surface area contributed by atoms with Crippen LogP contribution in [0.2, 0.25) is 0 Å². The number of rotatable bonds is 5. The van der Waals surface area contributed by atoms with Gasteiger partial charge in [-0.25, -0.2) is 0 Å². The molecule has 0 saturated carbocycles. The van der Waals surface area contributed by atoms with Crippen LogP contribution in [0.25, 0.3) is 0 Å². The molecule has 0 amide bonds. The quantitative estimate of drug-likeness (QED) is 0.476. The van der Waals surface area contributed by atoms with E-state index >= 15 is 0 Å². The second-order valence-corrected chi connectivity index (χ2v) is 3.94. The minimum atomic E-state index is -0.485. The molecule has 0 aliphatic heterocycles. The van der Waals surface area contributed by atoms with Crippen LogP contribution in [0.5, 0.6) is 0 Å². The van der Waals surface area contributed by atoms with Crippen LogP contribution in [0.15, 0.2) is 22.7 Å². The highest BCUT2D eigenvalue weighted by Gasteiger charge is 2.08. The summed E-state index contributed by atoms with van der Waals surface area (Å²) in [5, 5.41) is 17.3. The molecule has 2 rings (SSSR count). The third-order valence-corrected chi connectivity index (χ3v) is 2.47. The molecule has 0 bridgehead atoms. The van der Waals surface area contributed by atoms with Crippen molar-refractivity contribution in [1.29, 1.82) is 0 Å². The minimum absolute atomic E-state index is 0.0319. The van der Waals surface area contributed by atoms with Gasteiger partial charge in [0.2, 0.25) is 5.89 Å². The number of anilines is 2. The number of non-ortho nitro benzene ring substituents is 1. The van der Waals surface area contributed by atoms with Gasteiger partial charge in [-0.05, 0) is 13.0 Å². The number of nitro benzene ring substituents is 1. The number of nitrogens with two attached hydrogens (primary N) is 1. The van der Waals surface area contributed by atoms with Gasteiger partial charge in [-0.15, -0.1) is 0 Å². The largest absolute Gasteiger partial charge is 0.397 e. The molecule has 3 N–H and O–H groups in total. The zero-order chi connectivity index (χ0) is 13.8. The van der Waals surface area contributed by atoms with Crippen LogP contribution in [0.1, 0.15) is 11.7 Å². The van der Waals surface area contributed by atoms with Crippen LogP contribution in [0, 0.1) is 17.0 Å². The van der Waals surface area contributed by atoms with Gasteiger partial charge in [0.1, 0.15) is 0 Å². The highest BCUT2D eigenvalue weighted by Crippen LogP contribution is 2.23. The summed E-state index contributed by atoms with van der Waals surface area (Å²) in [5.41, 5.74) is 6.66. The van der Waals surface area contributed by atoms with Crippen molar-refractivity contribution in [3.05, 3.63) is 40.0 Å². The molecule has 0 saturated heterocycles. The number of nitrogens with one attached hydrogen (secondary N) is 1. The van der Waals surface area contributed by atoms with Gasteiger partial charge in [0.15, 0.2) is 5.82 Å². The summed E-state index contributed by atoms with van der Waals surface area (Å²) in [6, 6.07) is 4.29. The Bertz CT molecular complexity index is 596. The van der Waals surface area contributed by atoms with E-state index in [0.29, 0.717) is 36.1 Å². The Kier molecular flexibility index (Phi) is 3.60. The summed E-state index contributed by atoms with van der Waals surface area (Å²) in [5.74, 6) is 1.12. The van der Waals surface area contributed by atoms with E-state index in [-0.39, 0.29) is 5.69 Å². The van der Waals surface area contributed by atoms with Gasteiger partial charge in [-0.2, -0.15) is 4.98 Å².